The average molecular weight is 321 g/mol. The first-order valence-electron chi connectivity index (χ1n) is 7.95. The molecule has 0 aromatic carbocycles. The highest BCUT2D eigenvalue weighted by Crippen LogP contribution is 2.30. The second-order valence-corrected chi connectivity index (χ2v) is 6.34. The lowest BCUT2D eigenvalue weighted by atomic mass is 9.87. The third-order valence-corrected chi connectivity index (χ3v) is 4.87. The minimum atomic E-state index is -0.749. The van der Waals surface area contributed by atoms with Gasteiger partial charge in [-0.25, -0.2) is 4.79 Å². The monoisotopic (exact) mass is 321 g/mol. The van der Waals surface area contributed by atoms with E-state index in [9.17, 15) is 9.59 Å². The summed E-state index contributed by atoms with van der Waals surface area (Å²) in [6, 6.07) is -0.320. The summed E-state index contributed by atoms with van der Waals surface area (Å²) in [7, 11) is 0. The molecule has 1 aromatic heterocycles. The number of likely N-dealkylation sites (tertiary alicyclic amines) is 1. The van der Waals surface area contributed by atoms with E-state index < -0.39 is 5.54 Å². The van der Waals surface area contributed by atoms with Gasteiger partial charge in [-0.2, -0.15) is 0 Å². The standard InChI is InChI=1S/C15H23N5O3/c1-10-12(11(2)23-18-10)9-19-6-3-15(4-7-19)13(21)20(8-5-16)14(22)17-15/h3-9,16H2,1-2H3,(H,17,22). The van der Waals surface area contributed by atoms with E-state index in [1.165, 1.54) is 4.90 Å². The molecule has 8 nitrogen and oxygen atoms in total. The van der Waals surface area contributed by atoms with Crippen LogP contribution in [0.1, 0.15) is 29.9 Å². The second kappa shape index (κ2) is 5.93. The molecule has 3 rings (SSSR count). The SMILES string of the molecule is Cc1noc(C)c1CN1CCC2(CC1)NC(=O)N(CCN)C2=O. The molecule has 0 radical (unpaired) electrons. The lowest BCUT2D eigenvalue weighted by Gasteiger charge is -2.37. The van der Waals surface area contributed by atoms with Crippen LogP contribution >= 0.6 is 0 Å². The van der Waals surface area contributed by atoms with Crippen molar-refractivity contribution in [3.8, 4) is 0 Å². The van der Waals surface area contributed by atoms with Crippen molar-refractivity contribution in [3.05, 3.63) is 17.0 Å². The van der Waals surface area contributed by atoms with Crippen LogP contribution in [0.15, 0.2) is 4.52 Å². The van der Waals surface area contributed by atoms with Crippen LogP contribution in [0.4, 0.5) is 4.79 Å². The number of hydrogen-bond acceptors (Lipinski definition) is 6. The topological polar surface area (TPSA) is 105 Å². The first-order valence-corrected chi connectivity index (χ1v) is 7.95. The molecule has 0 saturated carbocycles. The first kappa shape index (κ1) is 15.9. The number of urea groups is 1. The summed E-state index contributed by atoms with van der Waals surface area (Å²) in [6.07, 6.45) is 1.23. The number of nitrogens with two attached hydrogens (primary N) is 1. The Morgan fingerprint density at radius 1 is 1.30 bits per heavy atom. The van der Waals surface area contributed by atoms with Crippen molar-refractivity contribution in [2.24, 2.45) is 5.73 Å². The summed E-state index contributed by atoms with van der Waals surface area (Å²) in [4.78, 5) is 28.0. The van der Waals surface area contributed by atoms with Gasteiger partial charge in [0.05, 0.1) is 5.69 Å². The number of piperidine rings is 1. The van der Waals surface area contributed by atoms with Crippen molar-refractivity contribution in [2.75, 3.05) is 26.2 Å². The molecule has 2 aliphatic heterocycles. The molecule has 0 bridgehead atoms. The van der Waals surface area contributed by atoms with E-state index in [2.05, 4.69) is 15.4 Å². The normalized spacial score (nSPS) is 21.3. The van der Waals surface area contributed by atoms with E-state index in [1.807, 2.05) is 13.8 Å². The van der Waals surface area contributed by atoms with Crippen molar-refractivity contribution < 1.29 is 14.1 Å². The molecule has 23 heavy (non-hydrogen) atoms. The van der Waals surface area contributed by atoms with E-state index in [1.54, 1.807) is 0 Å². The maximum Gasteiger partial charge on any atom is 0.325 e. The van der Waals surface area contributed by atoms with Gasteiger partial charge < -0.3 is 15.6 Å². The van der Waals surface area contributed by atoms with Crippen LogP contribution in [0.25, 0.3) is 0 Å². The van der Waals surface area contributed by atoms with Crippen molar-refractivity contribution in [1.82, 2.24) is 20.3 Å². The van der Waals surface area contributed by atoms with Gasteiger partial charge in [-0.15, -0.1) is 0 Å². The quantitative estimate of drug-likeness (QED) is 0.764. The number of nitrogens with one attached hydrogen (secondary N) is 1. The molecule has 3 amide bonds. The highest BCUT2D eigenvalue weighted by Gasteiger charge is 2.51. The second-order valence-electron chi connectivity index (χ2n) is 6.34. The molecule has 3 N–H and O–H groups in total. The molecule has 8 heteroatoms. The molecular weight excluding hydrogens is 298 g/mol. The maximum absolute atomic E-state index is 12.6. The fourth-order valence-corrected chi connectivity index (χ4v) is 3.39. The van der Waals surface area contributed by atoms with Crippen LogP contribution in [0.3, 0.4) is 0 Å². The van der Waals surface area contributed by atoms with Crippen molar-refractivity contribution in [1.29, 1.82) is 0 Å². The number of imide groups is 1. The van der Waals surface area contributed by atoms with E-state index in [0.29, 0.717) is 12.8 Å². The van der Waals surface area contributed by atoms with Crippen molar-refractivity contribution in [3.63, 3.8) is 0 Å². The third-order valence-electron chi connectivity index (χ3n) is 4.87. The highest BCUT2D eigenvalue weighted by atomic mass is 16.5. The Labute approximate surface area is 134 Å². The largest absolute Gasteiger partial charge is 0.361 e. The lowest BCUT2D eigenvalue weighted by molar-refractivity contribution is -0.132. The summed E-state index contributed by atoms with van der Waals surface area (Å²) in [5.41, 5.74) is 6.74. The predicted octanol–water partition coefficient (Wildman–Crippen LogP) is 0.137. The van der Waals surface area contributed by atoms with Crippen LogP contribution in [-0.4, -0.2) is 58.6 Å². The summed E-state index contributed by atoms with van der Waals surface area (Å²) in [6.45, 7) is 6.64. The minimum absolute atomic E-state index is 0.134. The van der Waals surface area contributed by atoms with Crippen molar-refractivity contribution in [2.45, 2.75) is 38.8 Å². The number of aromatic nitrogens is 1. The van der Waals surface area contributed by atoms with Crippen LogP contribution in [0, 0.1) is 13.8 Å². The van der Waals surface area contributed by atoms with Gasteiger partial charge in [0.2, 0.25) is 0 Å². The zero-order chi connectivity index (χ0) is 16.6. The Morgan fingerprint density at radius 3 is 2.57 bits per heavy atom. The Kier molecular flexibility index (Phi) is 4.11. The molecular formula is C15H23N5O3. The number of hydrogen-bond donors (Lipinski definition) is 2. The molecule has 2 aliphatic rings. The molecule has 2 fully saturated rings. The zero-order valence-electron chi connectivity index (χ0n) is 13.6. The van der Waals surface area contributed by atoms with E-state index in [4.69, 9.17) is 10.3 Å². The van der Waals surface area contributed by atoms with Crippen LogP contribution in [0.2, 0.25) is 0 Å². The van der Waals surface area contributed by atoms with Gasteiger partial charge in [0.25, 0.3) is 5.91 Å². The maximum atomic E-state index is 12.6. The van der Waals surface area contributed by atoms with E-state index in [0.717, 1.165) is 36.7 Å². The highest BCUT2D eigenvalue weighted by molar-refractivity contribution is 6.07. The lowest BCUT2D eigenvalue weighted by Crippen LogP contribution is -2.54. The van der Waals surface area contributed by atoms with Gasteiger partial charge in [0.15, 0.2) is 0 Å². The molecule has 2 saturated heterocycles. The Balaban J connectivity index is 1.64. The fourth-order valence-electron chi connectivity index (χ4n) is 3.39. The number of rotatable bonds is 4. The summed E-state index contributed by atoms with van der Waals surface area (Å²) in [5, 5.41) is 6.85. The summed E-state index contributed by atoms with van der Waals surface area (Å²) >= 11 is 0. The number of carbonyl (C=O) groups is 2. The Morgan fingerprint density at radius 2 is 2.00 bits per heavy atom. The molecule has 126 valence electrons. The molecule has 1 aromatic rings. The number of nitrogens with zero attached hydrogens (tertiary/aromatic N) is 3. The van der Waals surface area contributed by atoms with Crippen molar-refractivity contribution >= 4 is 11.9 Å². The number of aryl methyl sites for hydroxylation is 2. The molecule has 1 spiro atoms. The van der Waals surface area contributed by atoms with Gasteiger partial charge >= 0.3 is 6.03 Å². The summed E-state index contributed by atoms with van der Waals surface area (Å²) in [5.74, 6) is 0.701. The average Bonchev–Trinajstić information content (AvgIpc) is 2.96. The molecule has 0 unspecified atom stereocenters. The zero-order valence-corrected chi connectivity index (χ0v) is 13.6. The summed E-state index contributed by atoms with van der Waals surface area (Å²) < 4.78 is 5.20. The minimum Gasteiger partial charge on any atom is -0.361 e. The predicted molar refractivity (Wildman–Crippen MR) is 82.5 cm³/mol. The molecule has 0 aliphatic carbocycles. The Hall–Kier alpha value is -1.93. The number of carbonyl (C=O) groups excluding carboxylic acids is 2. The first-order chi connectivity index (χ1) is 11.0. The third kappa shape index (κ3) is 2.72. The van der Waals surface area contributed by atoms with E-state index in [-0.39, 0.29) is 25.0 Å². The van der Waals surface area contributed by atoms with Gasteiger partial charge in [-0.1, -0.05) is 5.16 Å². The van der Waals surface area contributed by atoms with Gasteiger partial charge in [0.1, 0.15) is 11.3 Å². The van der Waals surface area contributed by atoms with Crippen LogP contribution < -0.4 is 11.1 Å². The van der Waals surface area contributed by atoms with Crippen LogP contribution in [-0.2, 0) is 11.3 Å². The number of amides is 3. The van der Waals surface area contributed by atoms with Crippen LogP contribution in [0.5, 0.6) is 0 Å². The van der Waals surface area contributed by atoms with Gasteiger partial charge in [-0.3, -0.25) is 14.6 Å². The Bertz CT molecular complexity index is 599. The smallest absolute Gasteiger partial charge is 0.325 e. The molecule has 0 atom stereocenters. The van der Waals surface area contributed by atoms with E-state index >= 15 is 0 Å². The fraction of sp³-hybridized carbons (Fsp3) is 0.667. The van der Waals surface area contributed by atoms with Gasteiger partial charge in [-0.05, 0) is 26.7 Å². The molecule has 3 heterocycles. The van der Waals surface area contributed by atoms with Gasteiger partial charge in [0, 0.05) is 38.3 Å².